The molecular formula is C15H25N. The Kier molecular flexibility index (Phi) is 4.40. The summed E-state index contributed by atoms with van der Waals surface area (Å²) >= 11 is 0. The average molecular weight is 219 g/mol. The summed E-state index contributed by atoms with van der Waals surface area (Å²) in [6, 6.07) is 0. The molecule has 0 saturated carbocycles. The highest BCUT2D eigenvalue weighted by molar-refractivity contribution is 5.40. The van der Waals surface area contributed by atoms with Crippen LogP contribution in [0, 0.1) is 11.8 Å². The maximum atomic E-state index is 3.96. The van der Waals surface area contributed by atoms with Gasteiger partial charge in [-0.2, -0.15) is 0 Å². The summed E-state index contributed by atoms with van der Waals surface area (Å²) in [5, 5.41) is 3.46. The molecule has 0 aliphatic heterocycles. The summed E-state index contributed by atoms with van der Waals surface area (Å²) < 4.78 is 0. The van der Waals surface area contributed by atoms with Gasteiger partial charge in [0.05, 0.1) is 0 Å². The molecule has 0 aromatic rings. The molecule has 0 unspecified atom stereocenters. The monoisotopic (exact) mass is 219 g/mol. The van der Waals surface area contributed by atoms with E-state index in [0.717, 1.165) is 5.70 Å². The minimum absolute atomic E-state index is 0.580. The van der Waals surface area contributed by atoms with Gasteiger partial charge in [0.2, 0.25) is 0 Å². The van der Waals surface area contributed by atoms with Crippen LogP contribution in [0.1, 0.15) is 47.5 Å². The van der Waals surface area contributed by atoms with Gasteiger partial charge in [-0.15, -0.1) is 0 Å². The Bertz CT molecular complexity index is 329. The molecule has 90 valence electrons. The van der Waals surface area contributed by atoms with Crippen molar-refractivity contribution in [2.75, 3.05) is 0 Å². The fourth-order valence-electron chi connectivity index (χ4n) is 2.26. The average Bonchev–Trinajstić information content (AvgIpc) is 2.16. The number of rotatable bonds is 4. The van der Waals surface area contributed by atoms with Gasteiger partial charge in [-0.05, 0) is 42.7 Å². The zero-order valence-electron chi connectivity index (χ0n) is 11.4. The van der Waals surface area contributed by atoms with Crippen LogP contribution in [0.4, 0.5) is 0 Å². The molecule has 0 bridgehead atoms. The molecular weight excluding hydrogens is 194 g/mol. The molecule has 1 nitrogen and oxygen atoms in total. The standard InChI is InChI=1S/C15H25N/c1-10(2)13-8-7-9-14(11(3)4)15(13)16-12(5)6/h8,10-11,16H,5,7,9H2,1-4,6H3. The second-order valence-electron chi connectivity index (χ2n) is 5.31. The van der Waals surface area contributed by atoms with Gasteiger partial charge in [0.1, 0.15) is 0 Å². The van der Waals surface area contributed by atoms with Crippen molar-refractivity contribution in [2.24, 2.45) is 11.8 Å². The van der Waals surface area contributed by atoms with Crippen LogP contribution in [-0.2, 0) is 0 Å². The normalized spacial score (nSPS) is 16.8. The molecule has 0 amide bonds. The van der Waals surface area contributed by atoms with Crippen molar-refractivity contribution in [1.82, 2.24) is 5.32 Å². The van der Waals surface area contributed by atoms with Crippen LogP contribution in [0.5, 0.6) is 0 Å². The van der Waals surface area contributed by atoms with Crippen molar-refractivity contribution in [1.29, 1.82) is 0 Å². The molecule has 0 saturated heterocycles. The van der Waals surface area contributed by atoms with E-state index in [9.17, 15) is 0 Å². The molecule has 0 fully saturated rings. The van der Waals surface area contributed by atoms with Gasteiger partial charge in [-0.25, -0.2) is 0 Å². The third-order valence-corrected chi connectivity index (χ3v) is 3.05. The number of hydrogen-bond donors (Lipinski definition) is 1. The second kappa shape index (κ2) is 5.38. The van der Waals surface area contributed by atoms with E-state index >= 15 is 0 Å². The van der Waals surface area contributed by atoms with Gasteiger partial charge in [0.15, 0.2) is 0 Å². The molecule has 1 heteroatoms. The maximum Gasteiger partial charge on any atom is 0.0408 e. The Morgan fingerprint density at radius 1 is 1.25 bits per heavy atom. The van der Waals surface area contributed by atoms with Crippen LogP contribution in [-0.4, -0.2) is 0 Å². The minimum Gasteiger partial charge on any atom is -0.360 e. The van der Waals surface area contributed by atoms with E-state index in [4.69, 9.17) is 0 Å². The van der Waals surface area contributed by atoms with E-state index < -0.39 is 0 Å². The van der Waals surface area contributed by atoms with Gasteiger partial charge >= 0.3 is 0 Å². The predicted octanol–water partition coefficient (Wildman–Crippen LogP) is 4.40. The predicted molar refractivity (Wildman–Crippen MR) is 72.0 cm³/mol. The summed E-state index contributed by atoms with van der Waals surface area (Å²) in [4.78, 5) is 0. The zero-order chi connectivity index (χ0) is 12.3. The molecule has 1 aliphatic rings. The number of hydrogen-bond acceptors (Lipinski definition) is 1. The first-order valence-corrected chi connectivity index (χ1v) is 6.29. The van der Waals surface area contributed by atoms with Crippen molar-refractivity contribution in [3.63, 3.8) is 0 Å². The van der Waals surface area contributed by atoms with Crippen molar-refractivity contribution in [3.8, 4) is 0 Å². The Balaban J connectivity index is 3.11. The lowest BCUT2D eigenvalue weighted by Crippen LogP contribution is -2.21. The van der Waals surface area contributed by atoms with E-state index in [1.54, 1.807) is 5.57 Å². The van der Waals surface area contributed by atoms with Crippen LogP contribution in [0.15, 0.2) is 35.2 Å². The Morgan fingerprint density at radius 3 is 2.31 bits per heavy atom. The number of nitrogens with one attached hydrogen (secondary N) is 1. The van der Waals surface area contributed by atoms with Crippen molar-refractivity contribution >= 4 is 0 Å². The molecule has 0 aromatic carbocycles. The lowest BCUT2D eigenvalue weighted by molar-refractivity contribution is 0.647. The van der Waals surface area contributed by atoms with E-state index in [-0.39, 0.29) is 0 Å². The Morgan fingerprint density at radius 2 is 1.88 bits per heavy atom. The fraction of sp³-hybridized carbons (Fsp3) is 0.600. The molecule has 0 heterocycles. The topological polar surface area (TPSA) is 12.0 Å². The second-order valence-corrected chi connectivity index (χ2v) is 5.31. The largest absolute Gasteiger partial charge is 0.360 e. The van der Waals surface area contributed by atoms with Gasteiger partial charge in [0, 0.05) is 11.4 Å². The molecule has 16 heavy (non-hydrogen) atoms. The lowest BCUT2D eigenvalue weighted by atomic mass is 9.84. The highest BCUT2D eigenvalue weighted by Gasteiger charge is 2.19. The molecule has 1 N–H and O–H groups in total. The highest BCUT2D eigenvalue weighted by atomic mass is 14.9. The third-order valence-electron chi connectivity index (χ3n) is 3.05. The summed E-state index contributed by atoms with van der Waals surface area (Å²) in [5.74, 6) is 1.19. The van der Waals surface area contributed by atoms with Gasteiger partial charge < -0.3 is 5.32 Å². The first kappa shape index (κ1) is 13.1. The maximum absolute atomic E-state index is 3.96. The summed E-state index contributed by atoms with van der Waals surface area (Å²) in [6.07, 6.45) is 4.74. The minimum atomic E-state index is 0.580. The smallest absolute Gasteiger partial charge is 0.0408 e. The summed E-state index contributed by atoms with van der Waals surface area (Å²) in [5.41, 5.74) is 5.37. The van der Waals surface area contributed by atoms with Crippen LogP contribution in [0.3, 0.4) is 0 Å². The van der Waals surface area contributed by atoms with Crippen LogP contribution in [0.2, 0.25) is 0 Å². The van der Waals surface area contributed by atoms with Gasteiger partial charge in [0.25, 0.3) is 0 Å². The first-order valence-electron chi connectivity index (χ1n) is 6.29. The van der Waals surface area contributed by atoms with Crippen LogP contribution in [0.25, 0.3) is 0 Å². The van der Waals surface area contributed by atoms with Crippen molar-refractivity contribution in [3.05, 3.63) is 35.2 Å². The molecule has 0 aromatic heterocycles. The van der Waals surface area contributed by atoms with Crippen molar-refractivity contribution < 1.29 is 0 Å². The van der Waals surface area contributed by atoms with E-state index in [1.807, 2.05) is 6.92 Å². The molecule has 0 radical (unpaired) electrons. The first-order chi connectivity index (χ1) is 7.43. The van der Waals surface area contributed by atoms with Gasteiger partial charge in [-0.1, -0.05) is 40.3 Å². The van der Waals surface area contributed by atoms with Crippen LogP contribution >= 0.6 is 0 Å². The van der Waals surface area contributed by atoms with Gasteiger partial charge in [-0.3, -0.25) is 0 Å². The van der Waals surface area contributed by atoms with Crippen LogP contribution < -0.4 is 5.32 Å². The quantitative estimate of drug-likeness (QED) is 0.739. The fourth-order valence-corrected chi connectivity index (χ4v) is 2.26. The molecule has 0 spiro atoms. The summed E-state index contributed by atoms with van der Waals surface area (Å²) in [6.45, 7) is 15.1. The SMILES string of the molecule is C=C(C)NC1=C(C(C)C)CCC=C1C(C)C. The van der Waals surface area contributed by atoms with E-state index in [0.29, 0.717) is 11.8 Å². The molecule has 1 aliphatic carbocycles. The molecule has 0 atom stereocenters. The molecule has 1 rings (SSSR count). The zero-order valence-corrected chi connectivity index (χ0v) is 11.4. The Hall–Kier alpha value is -0.980. The third kappa shape index (κ3) is 3.01. The highest BCUT2D eigenvalue weighted by Crippen LogP contribution is 2.32. The number of allylic oxidation sites excluding steroid dienone is 4. The van der Waals surface area contributed by atoms with Crippen molar-refractivity contribution in [2.45, 2.75) is 47.5 Å². The van der Waals surface area contributed by atoms with E-state index in [2.05, 4.69) is 45.7 Å². The Labute approximate surface area is 100 Å². The van der Waals surface area contributed by atoms with E-state index in [1.165, 1.54) is 24.1 Å². The summed E-state index contributed by atoms with van der Waals surface area (Å²) in [7, 11) is 0. The lowest BCUT2D eigenvalue weighted by Gasteiger charge is -2.27.